The van der Waals surface area contributed by atoms with Gasteiger partial charge in [0, 0.05) is 32.7 Å². The van der Waals surface area contributed by atoms with Crippen LogP contribution in [0.2, 0.25) is 0 Å². The fourth-order valence-corrected chi connectivity index (χ4v) is 2.74. The van der Waals surface area contributed by atoms with E-state index in [1.807, 2.05) is 10.7 Å². The van der Waals surface area contributed by atoms with Crippen molar-refractivity contribution >= 4 is 0 Å². The Hall–Kier alpha value is -1.84. The summed E-state index contributed by atoms with van der Waals surface area (Å²) in [5.41, 5.74) is 1.63. The van der Waals surface area contributed by atoms with E-state index in [4.69, 9.17) is 5.11 Å². The zero-order chi connectivity index (χ0) is 15.4. The Labute approximate surface area is 128 Å². The molecule has 9 nitrogen and oxygen atoms in total. The zero-order valence-electron chi connectivity index (χ0n) is 12.4. The van der Waals surface area contributed by atoms with Gasteiger partial charge in [-0.15, -0.1) is 5.10 Å². The summed E-state index contributed by atoms with van der Waals surface area (Å²) in [6, 6.07) is 1.89. The predicted octanol–water partition coefficient (Wildman–Crippen LogP) is -0.809. The minimum Gasteiger partial charge on any atom is -0.393 e. The van der Waals surface area contributed by atoms with Crippen LogP contribution in [0.3, 0.4) is 0 Å². The average molecular weight is 307 g/mol. The van der Waals surface area contributed by atoms with Crippen molar-refractivity contribution < 1.29 is 10.2 Å². The Bertz CT molecular complexity index is 583. The van der Waals surface area contributed by atoms with Crippen molar-refractivity contribution in [2.75, 3.05) is 19.7 Å². The molecule has 0 unspecified atom stereocenters. The van der Waals surface area contributed by atoms with Crippen LogP contribution in [-0.2, 0) is 19.6 Å². The molecule has 0 radical (unpaired) electrons. The molecule has 120 valence electrons. The molecule has 0 aliphatic carbocycles. The molecular weight excluding hydrogens is 286 g/mol. The molecule has 1 aliphatic rings. The first-order valence-corrected chi connectivity index (χ1v) is 7.55. The highest BCUT2D eigenvalue weighted by Gasteiger charge is 2.19. The lowest BCUT2D eigenvalue weighted by Gasteiger charge is -2.19. The van der Waals surface area contributed by atoms with Crippen molar-refractivity contribution in [2.45, 2.75) is 38.6 Å². The Morgan fingerprint density at radius 1 is 1.27 bits per heavy atom. The maximum absolute atomic E-state index is 9.70. The summed E-state index contributed by atoms with van der Waals surface area (Å²) < 4.78 is 3.67. The van der Waals surface area contributed by atoms with Gasteiger partial charge in [-0.3, -0.25) is 9.58 Å². The molecule has 1 aliphatic heterocycles. The van der Waals surface area contributed by atoms with E-state index in [0.29, 0.717) is 5.69 Å². The van der Waals surface area contributed by atoms with Gasteiger partial charge in [-0.2, -0.15) is 5.10 Å². The Balaban J connectivity index is 1.57. The van der Waals surface area contributed by atoms with Gasteiger partial charge >= 0.3 is 0 Å². The number of rotatable bonds is 6. The first kappa shape index (κ1) is 15.1. The lowest BCUT2D eigenvalue weighted by atomic mass is 10.2. The summed E-state index contributed by atoms with van der Waals surface area (Å²) >= 11 is 0. The monoisotopic (exact) mass is 307 g/mol. The number of nitrogens with zero attached hydrogens (tertiary/aromatic N) is 7. The van der Waals surface area contributed by atoms with E-state index in [1.165, 1.54) is 0 Å². The molecule has 0 saturated heterocycles. The third-order valence-corrected chi connectivity index (χ3v) is 3.88. The van der Waals surface area contributed by atoms with Gasteiger partial charge in [0.15, 0.2) is 0 Å². The van der Waals surface area contributed by atoms with Gasteiger partial charge in [-0.1, -0.05) is 0 Å². The number of hydrogen-bond donors (Lipinski definition) is 2. The van der Waals surface area contributed by atoms with Gasteiger partial charge in [0.05, 0.1) is 18.0 Å². The number of aliphatic hydroxyl groups is 2. The van der Waals surface area contributed by atoms with Crippen molar-refractivity contribution in [1.82, 2.24) is 34.9 Å². The maximum atomic E-state index is 9.70. The second-order valence-electron chi connectivity index (χ2n) is 5.54. The lowest BCUT2D eigenvalue weighted by molar-refractivity contribution is 0.0916. The van der Waals surface area contributed by atoms with Crippen molar-refractivity contribution in [1.29, 1.82) is 0 Å². The molecule has 3 rings (SSSR count). The van der Waals surface area contributed by atoms with Crippen LogP contribution in [0.5, 0.6) is 0 Å². The molecule has 2 N–H and O–H groups in total. The van der Waals surface area contributed by atoms with E-state index in [2.05, 4.69) is 25.5 Å². The van der Waals surface area contributed by atoms with Gasteiger partial charge in [-0.05, 0) is 29.3 Å². The summed E-state index contributed by atoms with van der Waals surface area (Å²) in [5, 5.41) is 34.2. The number of hydrogen-bond acceptors (Lipinski definition) is 7. The van der Waals surface area contributed by atoms with Crippen LogP contribution < -0.4 is 0 Å². The molecular formula is C13H21N7O2. The van der Waals surface area contributed by atoms with Crippen LogP contribution >= 0.6 is 0 Å². The Kier molecular flexibility index (Phi) is 4.76. The summed E-state index contributed by atoms with van der Waals surface area (Å²) in [6.07, 6.45) is 2.73. The lowest BCUT2D eigenvalue weighted by Crippen LogP contribution is -2.25. The highest BCUT2D eigenvalue weighted by Crippen LogP contribution is 2.18. The highest BCUT2D eigenvalue weighted by molar-refractivity contribution is 5.13. The van der Waals surface area contributed by atoms with E-state index in [9.17, 15) is 5.11 Å². The molecule has 22 heavy (non-hydrogen) atoms. The predicted molar refractivity (Wildman–Crippen MR) is 76.6 cm³/mol. The topological polar surface area (TPSA) is 105 Å². The molecule has 0 bridgehead atoms. The molecule has 1 atom stereocenters. The smallest absolute Gasteiger partial charge is 0.138 e. The minimum absolute atomic E-state index is 0.299. The van der Waals surface area contributed by atoms with E-state index in [-0.39, 0.29) is 6.61 Å². The van der Waals surface area contributed by atoms with Crippen LogP contribution in [0.1, 0.15) is 30.3 Å². The van der Waals surface area contributed by atoms with Crippen LogP contribution in [0.15, 0.2) is 12.4 Å². The SMILES string of the molecule is OC[C@@H](O)c1cc2n(n1)CCCN(CCCn1cnnn1)C2. The number of aliphatic hydroxyl groups excluding tert-OH is 2. The minimum atomic E-state index is -0.896. The first-order valence-electron chi connectivity index (χ1n) is 7.55. The van der Waals surface area contributed by atoms with E-state index in [1.54, 1.807) is 11.0 Å². The molecule has 0 amide bonds. The highest BCUT2D eigenvalue weighted by atomic mass is 16.3. The van der Waals surface area contributed by atoms with Crippen LogP contribution in [0.25, 0.3) is 0 Å². The quantitative estimate of drug-likeness (QED) is 0.719. The van der Waals surface area contributed by atoms with Gasteiger partial charge in [0.25, 0.3) is 0 Å². The fraction of sp³-hybridized carbons (Fsp3) is 0.692. The van der Waals surface area contributed by atoms with E-state index in [0.717, 1.165) is 51.3 Å². The molecule has 0 spiro atoms. The molecule has 0 aromatic carbocycles. The van der Waals surface area contributed by atoms with Crippen molar-refractivity contribution in [3.63, 3.8) is 0 Å². The van der Waals surface area contributed by atoms with E-state index < -0.39 is 6.10 Å². The molecule has 2 aromatic rings. The number of tetrazole rings is 1. The third-order valence-electron chi connectivity index (χ3n) is 3.88. The average Bonchev–Trinajstić information content (AvgIpc) is 3.13. The van der Waals surface area contributed by atoms with Gasteiger partial charge < -0.3 is 10.2 Å². The van der Waals surface area contributed by atoms with Crippen LogP contribution in [-0.4, -0.2) is 64.8 Å². The Morgan fingerprint density at radius 3 is 2.95 bits per heavy atom. The summed E-state index contributed by atoms with van der Waals surface area (Å²) in [7, 11) is 0. The molecule has 2 aromatic heterocycles. The van der Waals surface area contributed by atoms with Gasteiger partial charge in [-0.25, -0.2) is 4.68 Å². The van der Waals surface area contributed by atoms with Crippen LogP contribution in [0, 0.1) is 0 Å². The van der Waals surface area contributed by atoms with Gasteiger partial charge in [0.2, 0.25) is 0 Å². The van der Waals surface area contributed by atoms with Crippen molar-refractivity contribution in [3.8, 4) is 0 Å². The van der Waals surface area contributed by atoms with E-state index >= 15 is 0 Å². The number of aryl methyl sites for hydroxylation is 2. The fourth-order valence-electron chi connectivity index (χ4n) is 2.74. The largest absolute Gasteiger partial charge is 0.393 e. The second kappa shape index (κ2) is 6.95. The molecule has 3 heterocycles. The second-order valence-corrected chi connectivity index (χ2v) is 5.54. The molecule has 0 fully saturated rings. The standard InChI is InChI=1S/C13H21N7O2/c21-9-13(22)12-7-11-8-18(4-2-6-20(11)15-12)3-1-5-19-10-14-16-17-19/h7,10,13,21-22H,1-6,8-9H2/t13-/m1/s1. The molecule has 9 heteroatoms. The first-order chi connectivity index (χ1) is 10.8. The van der Waals surface area contributed by atoms with Crippen molar-refractivity contribution in [3.05, 3.63) is 23.8 Å². The van der Waals surface area contributed by atoms with Crippen molar-refractivity contribution in [2.24, 2.45) is 0 Å². The third kappa shape index (κ3) is 3.49. The zero-order valence-corrected chi connectivity index (χ0v) is 12.4. The normalized spacial score (nSPS) is 17.2. The summed E-state index contributed by atoms with van der Waals surface area (Å²) in [6.45, 7) is 4.14. The number of fused-ring (bicyclic) bond motifs is 1. The summed E-state index contributed by atoms with van der Waals surface area (Å²) in [5.74, 6) is 0. The summed E-state index contributed by atoms with van der Waals surface area (Å²) in [4.78, 5) is 2.37. The molecule has 0 saturated carbocycles. The maximum Gasteiger partial charge on any atom is 0.138 e. The Morgan fingerprint density at radius 2 is 2.18 bits per heavy atom. The van der Waals surface area contributed by atoms with Crippen LogP contribution in [0.4, 0.5) is 0 Å². The van der Waals surface area contributed by atoms with Gasteiger partial charge in [0.1, 0.15) is 12.4 Å². The number of aromatic nitrogens is 6.